The number of rotatable bonds is 5. The van der Waals surface area contributed by atoms with Crippen LogP contribution in [0.25, 0.3) is 0 Å². The number of carbonyl (C=O) groups is 1. The summed E-state index contributed by atoms with van der Waals surface area (Å²) in [5.41, 5.74) is 3.50. The van der Waals surface area contributed by atoms with Crippen LogP contribution in [0.1, 0.15) is 35.3 Å². The maximum absolute atomic E-state index is 12.9. The molecular weight excluding hydrogens is 298 g/mol. The van der Waals surface area contributed by atoms with Crippen LogP contribution in [0.4, 0.5) is 5.69 Å². The molecule has 0 aliphatic heterocycles. The van der Waals surface area contributed by atoms with Crippen LogP contribution < -0.4 is 9.64 Å². The Balaban J connectivity index is 0.00000139. The fraction of sp³-hybridized carbons (Fsp3) is 0.286. The van der Waals surface area contributed by atoms with E-state index >= 15 is 0 Å². The molecule has 2 rings (SSSR count). The first kappa shape index (κ1) is 19.5. The molecule has 0 heterocycles. The van der Waals surface area contributed by atoms with E-state index in [2.05, 4.69) is 6.58 Å². The molecule has 0 atom stereocenters. The molecule has 0 aliphatic carbocycles. The summed E-state index contributed by atoms with van der Waals surface area (Å²) in [4.78, 5) is 14.6. The van der Waals surface area contributed by atoms with Crippen LogP contribution in [0.3, 0.4) is 0 Å². The molecule has 2 aromatic carbocycles. The number of hydrogen-bond acceptors (Lipinski definition) is 2. The van der Waals surface area contributed by atoms with Gasteiger partial charge in [-0.2, -0.15) is 0 Å². The third-order valence-electron chi connectivity index (χ3n) is 3.64. The number of ether oxygens (including phenoxy) is 1. The van der Waals surface area contributed by atoms with Gasteiger partial charge in [-0.3, -0.25) is 4.79 Å². The fourth-order valence-electron chi connectivity index (χ4n) is 2.37. The number of anilines is 1. The van der Waals surface area contributed by atoms with E-state index in [4.69, 9.17) is 4.74 Å². The topological polar surface area (TPSA) is 29.5 Å². The maximum Gasteiger partial charge on any atom is 0.258 e. The van der Waals surface area contributed by atoms with Crippen LogP contribution in [0, 0.1) is 13.8 Å². The first-order valence-electron chi connectivity index (χ1n) is 8.21. The van der Waals surface area contributed by atoms with Crippen molar-refractivity contribution in [2.24, 2.45) is 0 Å². The molecule has 0 fully saturated rings. The summed E-state index contributed by atoms with van der Waals surface area (Å²) >= 11 is 0. The highest BCUT2D eigenvalue weighted by Gasteiger charge is 2.19. The molecule has 0 aromatic heterocycles. The van der Waals surface area contributed by atoms with E-state index in [1.807, 2.05) is 70.2 Å². The Kier molecular flexibility index (Phi) is 7.76. The molecule has 3 nitrogen and oxygen atoms in total. The highest BCUT2D eigenvalue weighted by molar-refractivity contribution is 6.07. The van der Waals surface area contributed by atoms with Crippen molar-refractivity contribution in [3.05, 3.63) is 71.8 Å². The molecule has 0 unspecified atom stereocenters. The van der Waals surface area contributed by atoms with Crippen molar-refractivity contribution in [2.75, 3.05) is 18.6 Å². The molecule has 0 saturated heterocycles. The Morgan fingerprint density at radius 3 is 2.29 bits per heavy atom. The summed E-state index contributed by atoms with van der Waals surface area (Å²) in [6, 6.07) is 13.4. The summed E-state index contributed by atoms with van der Waals surface area (Å²) in [6.07, 6.45) is 1.73. The predicted octanol–water partition coefficient (Wildman–Crippen LogP) is 5.17. The number of amides is 1. The minimum Gasteiger partial charge on any atom is -0.496 e. The van der Waals surface area contributed by atoms with Crippen molar-refractivity contribution in [1.29, 1.82) is 0 Å². The second-order valence-electron chi connectivity index (χ2n) is 5.17. The zero-order valence-electron chi connectivity index (χ0n) is 15.3. The number of methoxy groups -OCH3 is 1. The van der Waals surface area contributed by atoms with Crippen molar-refractivity contribution in [3.63, 3.8) is 0 Å². The number of nitrogens with zero attached hydrogens (tertiary/aromatic N) is 1. The van der Waals surface area contributed by atoms with Gasteiger partial charge in [0.15, 0.2) is 0 Å². The van der Waals surface area contributed by atoms with E-state index in [0.717, 1.165) is 16.8 Å². The van der Waals surface area contributed by atoms with Gasteiger partial charge in [0, 0.05) is 23.4 Å². The minimum atomic E-state index is -0.0554. The minimum absolute atomic E-state index is 0.0554. The van der Waals surface area contributed by atoms with Crippen molar-refractivity contribution in [3.8, 4) is 5.75 Å². The van der Waals surface area contributed by atoms with Crippen LogP contribution >= 0.6 is 0 Å². The van der Waals surface area contributed by atoms with Crippen LogP contribution in [0.5, 0.6) is 5.75 Å². The first-order chi connectivity index (χ1) is 11.6. The number of carbonyl (C=O) groups excluding carboxylic acids is 1. The Bertz CT molecular complexity index is 675. The van der Waals surface area contributed by atoms with Gasteiger partial charge in [-0.1, -0.05) is 43.7 Å². The smallest absolute Gasteiger partial charge is 0.258 e. The van der Waals surface area contributed by atoms with Gasteiger partial charge in [-0.25, -0.2) is 0 Å². The number of hydrogen-bond donors (Lipinski definition) is 0. The number of benzene rings is 2. The third-order valence-corrected chi connectivity index (χ3v) is 3.64. The molecule has 2 aromatic rings. The van der Waals surface area contributed by atoms with Gasteiger partial charge < -0.3 is 9.64 Å². The van der Waals surface area contributed by atoms with Gasteiger partial charge in [0.2, 0.25) is 0 Å². The van der Waals surface area contributed by atoms with E-state index < -0.39 is 0 Å². The average molecular weight is 325 g/mol. The van der Waals surface area contributed by atoms with Crippen molar-refractivity contribution < 1.29 is 9.53 Å². The Labute approximate surface area is 145 Å². The lowest BCUT2D eigenvalue weighted by Crippen LogP contribution is -2.31. The van der Waals surface area contributed by atoms with Crippen molar-refractivity contribution >= 4 is 11.6 Å². The van der Waals surface area contributed by atoms with Crippen LogP contribution in [-0.2, 0) is 0 Å². The van der Waals surface area contributed by atoms with Crippen molar-refractivity contribution in [1.82, 2.24) is 0 Å². The number of aryl methyl sites for hydroxylation is 1. The molecule has 1 amide bonds. The monoisotopic (exact) mass is 325 g/mol. The van der Waals surface area contributed by atoms with E-state index in [1.165, 1.54) is 0 Å². The van der Waals surface area contributed by atoms with Gasteiger partial charge in [-0.05, 0) is 38.1 Å². The van der Waals surface area contributed by atoms with E-state index in [1.54, 1.807) is 18.1 Å². The van der Waals surface area contributed by atoms with Gasteiger partial charge in [0.25, 0.3) is 5.91 Å². The SMILES string of the molecule is C=CCN(C(=O)c1cccc(OC)c1C)c1ccc(C)cc1.CC. The normalized spacial score (nSPS) is 9.54. The summed E-state index contributed by atoms with van der Waals surface area (Å²) in [6.45, 7) is 12.1. The molecule has 0 N–H and O–H groups in total. The van der Waals surface area contributed by atoms with Gasteiger partial charge >= 0.3 is 0 Å². The molecular formula is C21H27NO2. The van der Waals surface area contributed by atoms with E-state index in [-0.39, 0.29) is 5.91 Å². The molecule has 0 saturated carbocycles. The first-order valence-corrected chi connectivity index (χ1v) is 8.21. The van der Waals surface area contributed by atoms with Crippen LogP contribution in [0.2, 0.25) is 0 Å². The Morgan fingerprint density at radius 1 is 1.12 bits per heavy atom. The Hall–Kier alpha value is -2.55. The summed E-state index contributed by atoms with van der Waals surface area (Å²) in [5.74, 6) is 0.661. The second kappa shape index (κ2) is 9.56. The highest BCUT2D eigenvalue weighted by Crippen LogP contribution is 2.24. The van der Waals surface area contributed by atoms with Gasteiger partial charge in [0.1, 0.15) is 5.75 Å². The third kappa shape index (κ3) is 4.48. The highest BCUT2D eigenvalue weighted by atomic mass is 16.5. The largest absolute Gasteiger partial charge is 0.496 e. The van der Waals surface area contributed by atoms with E-state index in [9.17, 15) is 4.79 Å². The molecule has 0 bridgehead atoms. The van der Waals surface area contributed by atoms with Crippen LogP contribution in [-0.4, -0.2) is 19.6 Å². The van der Waals surface area contributed by atoms with Gasteiger partial charge in [-0.15, -0.1) is 6.58 Å². The molecule has 0 spiro atoms. The molecule has 24 heavy (non-hydrogen) atoms. The average Bonchev–Trinajstić information content (AvgIpc) is 2.62. The molecule has 3 heteroatoms. The zero-order chi connectivity index (χ0) is 18.1. The standard InChI is InChI=1S/C19H21NO2.C2H6/c1-5-13-20(16-11-9-14(2)10-12-16)19(21)17-7-6-8-18(22-4)15(17)3;1-2/h5-12H,1,13H2,2-4H3;1-2H3. The quantitative estimate of drug-likeness (QED) is 0.710. The van der Waals surface area contributed by atoms with Gasteiger partial charge in [0.05, 0.1) is 7.11 Å². The maximum atomic E-state index is 12.9. The second-order valence-corrected chi connectivity index (χ2v) is 5.17. The van der Waals surface area contributed by atoms with Crippen molar-refractivity contribution in [2.45, 2.75) is 27.7 Å². The zero-order valence-corrected chi connectivity index (χ0v) is 15.3. The Morgan fingerprint density at radius 2 is 1.75 bits per heavy atom. The lowest BCUT2D eigenvalue weighted by atomic mass is 10.1. The fourth-order valence-corrected chi connectivity index (χ4v) is 2.37. The summed E-state index contributed by atoms with van der Waals surface area (Å²) < 4.78 is 5.31. The van der Waals surface area contributed by atoms with Crippen LogP contribution in [0.15, 0.2) is 55.1 Å². The summed E-state index contributed by atoms with van der Waals surface area (Å²) in [7, 11) is 1.61. The molecule has 0 radical (unpaired) electrons. The molecule has 0 aliphatic rings. The lowest BCUT2D eigenvalue weighted by molar-refractivity contribution is 0.0988. The van der Waals surface area contributed by atoms with E-state index in [0.29, 0.717) is 17.9 Å². The molecule has 128 valence electrons. The lowest BCUT2D eigenvalue weighted by Gasteiger charge is -2.23. The predicted molar refractivity (Wildman–Crippen MR) is 102 cm³/mol. The summed E-state index contributed by atoms with van der Waals surface area (Å²) in [5, 5.41) is 0.